The molecule has 39 heavy (non-hydrogen) atoms. The second-order valence-corrected chi connectivity index (χ2v) is 10.1. The summed E-state index contributed by atoms with van der Waals surface area (Å²) in [7, 11) is -4.25. The number of halogens is 5. The van der Waals surface area contributed by atoms with E-state index in [4.69, 9.17) is 11.6 Å². The van der Waals surface area contributed by atoms with Gasteiger partial charge in [-0.2, -0.15) is 0 Å². The van der Waals surface area contributed by atoms with Crippen LogP contribution < -0.4 is 15.4 Å². The highest BCUT2D eigenvalue weighted by Crippen LogP contribution is 2.29. The Morgan fingerprint density at radius 1 is 0.641 bits per heavy atom. The first kappa shape index (κ1) is 27.6. The molecule has 0 radical (unpaired) electrons. The number of rotatable bonds is 7. The van der Waals surface area contributed by atoms with Crippen molar-refractivity contribution in [2.24, 2.45) is 0 Å². The Morgan fingerprint density at radius 3 is 1.67 bits per heavy atom. The lowest BCUT2D eigenvalue weighted by Crippen LogP contribution is -2.20. The molecule has 0 saturated carbocycles. The van der Waals surface area contributed by atoms with E-state index < -0.39 is 56.2 Å². The van der Waals surface area contributed by atoms with Gasteiger partial charge in [0.25, 0.3) is 21.8 Å². The molecule has 7 nitrogen and oxygen atoms in total. The number of anilines is 3. The van der Waals surface area contributed by atoms with Gasteiger partial charge in [0.15, 0.2) is 0 Å². The van der Waals surface area contributed by atoms with Crippen LogP contribution in [0.1, 0.15) is 20.7 Å². The average molecular weight is 578 g/mol. The van der Waals surface area contributed by atoms with Crippen molar-refractivity contribution in [3.63, 3.8) is 0 Å². The number of nitrogens with one attached hydrogen (secondary N) is 3. The van der Waals surface area contributed by atoms with Gasteiger partial charge in [0.1, 0.15) is 23.3 Å². The maximum atomic E-state index is 14.2. The number of carbonyl (C=O) groups excluding carboxylic acids is 2. The molecule has 0 bridgehead atoms. The smallest absolute Gasteiger partial charge is 0.261 e. The molecule has 0 saturated heterocycles. The molecule has 0 aliphatic rings. The van der Waals surface area contributed by atoms with Crippen molar-refractivity contribution < 1.29 is 35.6 Å². The third-order valence-electron chi connectivity index (χ3n) is 5.25. The largest absolute Gasteiger partial charge is 0.320 e. The molecule has 0 atom stereocenters. The van der Waals surface area contributed by atoms with Crippen molar-refractivity contribution in [1.82, 2.24) is 0 Å². The zero-order valence-corrected chi connectivity index (χ0v) is 21.0. The van der Waals surface area contributed by atoms with Crippen molar-refractivity contribution in [3.05, 3.63) is 118 Å². The van der Waals surface area contributed by atoms with Crippen molar-refractivity contribution in [2.75, 3.05) is 15.4 Å². The molecule has 0 heterocycles. The van der Waals surface area contributed by atoms with Crippen LogP contribution in [0.4, 0.5) is 34.6 Å². The third kappa shape index (κ3) is 6.54. The van der Waals surface area contributed by atoms with E-state index >= 15 is 0 Å². The molecule has 0 fully saturated rings. The average Bonchev–Trinajstić information content (AvgIpc) is 2.86. The van der Waals surface area contributed by atoms with Crippen molar-refractivity contribution in [3.8, 4) is 0 Å². The minimum absolute atomic E-state index is 0.169. The summed E-state index contributed by atoms with van der Waals surface area (Å²) in [5.74, 6) is -6.36. The molecule has 0 spiro atoms. The molecule has 0 aliphatic heterocycles. The summed E-state index contributed by atoms with van der Waals surface area (Å²) in [6.07, 6.45) is 0. The predicted molar refractivity (Wildman–Crippen MR) is 137 cm³/mol. The minimum Gasteiger partial charge on any atom is -0.320 e. The highest BCUT2D eigenvalue weighted by atomic mass is 35.5. The van der Waals surface area contributed by atoms with Crippen molar-refractivity contribution in [2.45, 2.75) is 4.90 Å². The second-order valence-electron chi connectivity index (χ2n) is 7.98. The number of benzene rings is 4. The zero-order chi connectivity index (χ0) is 28.3. The summed E-state index contributed by atoms with van der Waals surface area (Å²) in [4.78, 5) is 25.1. The SMILES string of the molecule is O=C(Nc1ccc(S(=O)(=O)Nc2ccc(Cl)cc2)cc1NC(=O)c1ccc(F)cc1F)c1ccc(F)cc1F. The highest BCUT2D eigenvalue weighted by molar-refractivity contribution is 7.92. The Labute approximate surface area is 224 Å². The van der Waals surface area contributed by atoms with Crippen LogP contribution in [0.15, 0.2) is 83.8 Å². The van der Waals surface area contributed by atoms with Crippen molar-refractivity contribution >= 4 is 50.5 Å². The van der Waals surface area contributed by atoms with Gasteiger partial charge in [-0.25, -0.2) is 26.0 Å². The molecule has 4 rings (SSSR count). The van der Waals surface area contributed by atoms with Gasteiger partial charge in [-0.1, -0.05) is 11.6 Å². The molecule has 0 unspecified atom stereocenters. The highest BCUT2D eigenvalue weighted by Gasteiger charge is 2.21. The molecular weight excluding hydrogens is 562 g/mol. The fourth-order valence-corrected chi connectivity index (χ4v) is 4.57. The molecule has 13 heteroatoms. The van der Waals surface area contributed by atoms with E-state index in [1.807, 2.05) is 0 Å². The molecule has 4 aromatic rings. The molecular formula is C26H16ClF4N3O4S. The number of carbonyl (C=O) groups is 2. The van der Waals surface area contributed by atoms with Crippen LogP contribution in [0.5, 0.6) is 0 Å². The topological polar surface area (TPSA) is 104 Å². The standard InChI is InChI=1S/C26H16ClF4N3O4S/c27-14-1-5-17(6-2-14)34-39(37,38)18-7-10-23(32-25(35)19-8-3-15(28)11-21(19)30)24(13-18)33-26(36)20-9-4-16(29)12-22(20)31/h1-13,34H,(H,32,35)(H,33,36). The van der Waals surface area contributed by atoms with E-state index in [2.05, 4.69) is 15.4 Å². The predicted octanol–water partition coefficient (Wildman–Crippen LogP) is 6.20. The van der Waals surface area contributed by atoms with E-state index in [1.54, 1.807) is 0 Å². The van der Waals surface area contributed by atoms with Gasteiger partial charge in [0.2, 0.25) is 0 Å². The first-order chi connectivity index (χ1) is 18.4. The Balaban J connectivity index is 1.71. The van der Waals surface area contributed by atoms with Crippen LogP contribution in [0.2, 0.25) is 5.02 Å². The van der Waals surface area contributed by atoms with Crippen LogP contribution in [0, 0.1) is 23.3 Å². The van der Waals surface area contributed by atoms with Gasteiger partial charge in [-0.05, 0) is 66.7 Å². The van der Waals surface area contributed by atoms with Crippen molar-refractivity contribution in [1.29, 1.82) is 0 Å². The summed E-state index contributed by atoms with van der Waals surface area (Å²) in [5, 5.41) is 4.94. The van der Waals surface area contributed by atoms with E-state index in [0.717, 1.165) is 42.5 Å². The number of sulfonamides is 1. The maximum absolute atomic E-state index is 14.2. The van der Waals surface area contributed by atoms with Gasteiger partial charge >= 0.3 is 0 Å². The Kier molecular flexibility index (Phi) is 7.88. The summed E-state index contributed by atoms with van der Waals surface area (Å²) in [5.41, 5.74) is -1.48. The fraction of sp³-hybridized carbons (Fsp3) is 0. The van der Waals surface area contributed by atoms with Gasteiger partial charge < -0.3 is 10.6 Å². The minimum atomic E-state index is -4.25. The lowest BCUT2D eigenvalue weighted by Gasteiger charge is -2.16. The third-order valence-corrected chi connectivity index (χ3v) is 6.88. The summed E-state index contributed by atoms with van der Waals surface area (Å²) < 4.78 is 83.2. The fourth-order valence-electron chi connectivity index (χ4n) is 3.36. The van der Waals surface area contributed by atoms with Gasteiger partial charge in [-0.15, -0.1) is 0 Å². The number of amides is 2. The molecule has 200 valence electrons. The monoisotopic (exact) mass is 577 g/mol. The molecule has 0 aromatic heterocycles. The molecule has 4 aromatic carbocycles. The number of hydrogen-bond acceptors (Lipinski definition) is 4. The van der Waals surface area contributed by atoms with Crippen LogP contribution in [0.25, 0.3) is 0 Å². The van der Waals surface area contributed by atoms with Gasteiger partial charge in [-0.3, -0.25) is 14.3 Å². The van der Waals surface area contributed by atoms with Gasteiger partial charge in [0.05, 0.1) is 27.4 Å². The van der Waals surface area contributed by atoms with E-state index in [0.29, 0.717) is 17.2 Å². The van der Waals surface area contributed by atoms with Crippen LogP contribution in [-0.2, 0) is 10.0 Å². The van der Waals surface area contributed by atoms with Crippen LogP contribution in [-0.4, -0.2) is 20.2 Å². The van der Waals surface area contributed by atoms with Crippen LogP contribution in [0.3, 0.4) is 0 Å². The number of hydrogen-bond donors (Lipinski definition) is 3. The van der Waals surface area contributed by atoms with E-state index in [1.165, 1.54) is 24.3 Å². The first-order valence-corrected chi connectivity index (χ1v) is 12.7. The normalized spacial score (nSPS) is 11.1. The van der Waals surface area contributed by atoms with Gasteiger partial charge in [0, 0.05) is 22.8 Å². The van der Waals surface area contributed by atoms with E-state index in [-0.39, 0.29) is 22.0 Å². The molecule has 3 N–H and O–H groups in total. The molecule has 2 amide bonds. The Hall–Kier alpha value is -4.42. The second kappa shape index (κ2) is 11.1. The summed E-state index contributed by atoms with van der Waals surface area (Å²) in [6.45, 7) is 0. The zero-order valence-electron chi connectivity index (χ0n) is 19.4. The quantitative estimate of drug-likeness (QED) is 0.227. The Morgan fingerprint density at radius 2 is 1.15 bits per heavy atom. The lowest BCUT2D eigenvalue weighted by molar-refractivity contribution is 0.101. The van der Waals surface area contributed by atoms with Crippen LogP contribution >= 0.6 is 11.6 Å². The first-order valence-electron chi connectivity index (χ1n) is 10.9. The lowest BCUT2D eigenvalue weighted by atomic mass is 10.1. The summed E-state index contributed by atoms with van der Waals surface area (Å²) >= 11 is 5.82. The molecule has 0 aliphatic carbocycles. The summed E-state index contributed by atoms with van der Waals surface area (Å²) in [6, 6.07) is 13.3. The Bertz CT molecular complexity index is 1700. The van der Waals surface area contributed by atoms with E-state index in [9.17, 15) is 35.6 Å². The maximum Gasteiger partial charge on any atom is 0.261 e.